The number of imidazole rings is 1. The Balaban J connectivity index is 1.72. The molecular weight excluding hydrogens is 186 g/mol. The van der Waals surface area contributed by atoms with Gasteiger partial charge in [-0.15, -0.1) is 0 Å². The third-order valence-electron chi connectivity index (χ3n) is 2.68. The highest BCUT2D eigenvalue weighted by Gasteiger charge is 2.19. The van der Waals surface area contributed by atoms with Gasteiger partial charge in [-0.05, 0) is 38.8 Å². The van der Waals surface area contributed by atoms with Gasteiger partial charge in [0, 0.05) is 25.0 Å². The van der Waals surface area contributed by atoms with Crippen LogP contribution in [0.2, 0.25) is 0 Å². The van der Waals surface area contributed by atoms with Crippen LogP contribution in [0.5, 0.6) is 0 Å². The number of aryl methyl sites for hydroxylation is 1. The van der Waals surface area contributed by atoms with E-state index in [0.29, 0.717) is 0 Å². The number of rotatable bonds is 6. The molecule has 1 aromatic heterocycles. The van der Waals surface area contributed by atoms with Crippen molar-refractivity contribution >= 4 is 6.08 Å². The molecule has 0 unspecified atom stereocenters. The van der Waals surface area contributed by atoms with E-state index >= 15 is 0 Å². The van der Waals surface area contributed by atoms with Gasteiger partial charge in [0.05, 0.1) is 0 Å². The van der Waals surface area contributed by atoms with Gasteiger partial charge in [-0.1, -0.05) is 6.08 Å². The smallest absolute Gasteiger partial charge is 0.132 e. The average Bonchev–Trinajstić information content (AvgIpc) is 2.96. The van der Waals surface area contributed by atoms with E-state index in [2.05, 4.69) is 33.9 Å². The van der Waals surface area contributed by atoms with Crippen LogP contribution in [0.25, 0.3) is 6.08 Å². The second-order valence-electron chi connectivity index (χ2n) is 3.99. The van der Waals surface area contributed by atoms with E-state index in [1.807, 2.05) is 12.4 Å². The van der Waals surface area contributed by atoms with Crippen LogP contribution in [0.1, 0.15) is 32.0 Å². The van der Waals surface area contributed by atoms with E-state index in [1.54, 1.807) is 0 Å². The lowest BCUT2D eigenvalue weighted by Gasteiger charge is -1.99. The van der Waals surface area contributed by atoms with Gasteiger partial charge >= 0.3 is 0 Å². The largest absolute Gasteiger partial charge is 0.332 e. The predicted molar refractivity (Wildman–Crippen MR) is 62.6 cm³/mol. The Kier molecular flexibility index (Phi) is 3.56. The molecule has 0 saturated heterocycles. The zero-order chi connectivity index (χ0) is 10.5. The van der Waals surface area contributed by atoms with Crippen molar-refractivity contribution in [1.82, 2.24) is 14.9 Å². The summed E-state index contributed by atoms with van der Waals surface area (Å²) >= 11 is 0. The summed E-state index contributed by atoms with van der Waals surface area (Å²) in [6.07, 6.45) is 12.0. The third kappa shape index (κ3) is 3.20. The molecule has 0 amide bonds. The Morgan fingerprint density at radius 2 is 2.47 bits per heavy atom. The Bertz CT molecular complexity index is 323. The molecule has 3 nitrogen and oxygen atoms in total. The van der Waals surface area contributed by atoms with Crippen LogP contribution < -0.4 is 5.32 Å². The molecule has 0 spiro atoms. The molecule has 3 heteroatoms. The molecule has 1 aliphatic rings. The maximum absolute atomic E-state index is 4.29. The van der Waals surface area contributed by atoms with Gasteiger partial charge in [0.2, 0.25) is 0 Å². The summed E-state index contributed by atoms with van der Waals surface area (Å²) in [5.74, 6) is 1.06. The maximum Gasteiger partial charge on any atom is 0.132 e. The third-order valence-corrected chi connectivity index (χ3v) is 2.68. The Hall–Kier alpha value is -1.09. The highest BCUT2D eigenvalue weighted by Crippen LogP contribution is 2.18. The molecule has 0 atom stereocenters. The zero-order valence-corrected chi connectivity index (χ0v) is 9.32. The Labute approximate surface area is 91.2 Å². The standard InChI is InChI=1S/C12H19N3/c1-2-15-10-9-14-12(15)5-3-4-8-13-11-6-7-11/h3,5,9-11,13H,2,4,6-8H2,1H3. The normalized spacial score (nSPS) is 16.3. The van der Waals surface area contributed by atoms with Gasteiger partial charge in [-0.2, -0.15) is 0 Å². The molecule has 1 aliphatic carbocycles. The Morgan fingerprint density at radius 1 is 1.60 bits per heavy atom. The van der Waals surface area contributed by atoms with Crippen molar-refractivity contribution in [3.63, 3.8) is 0 Å². The van der Waals surface area contributed by atoms with E-state index in [9.17, 15) is 0 Å². The van der Waals surface area contributed by atoms with Crippen molar-refractivity contribution in [1.29, 1.82) is 0 Å². The SMILES string of the molecule is CCn1ccnc1C=CCCNC1CC1. The molecule has 1 aromatic rings. The monoisotopic (exact) mass is 205 g/mol. The highest BCUT2D eigenvalue weighted by atomic mass is 15.0. The quantitative estimate of drug-likeness (QED) is 0.720. The highest BCUT2D eigenvalue weighted by molar-refractivity contribution is 5.40. The van der Waals surface area contributed by atoms with E-state index in [0.717, 1.165) is 31.4 Å². The van der Waals surface area contributed by atoms with Crippen molar-refractivity contribution < 1.29 is 0 Å². The van der Waals surface area contributed by atoms with Crippen molar-refractivity contribution in [2.45, 2.75) is 38.8 Å². The van der Waals surface area contributed by atoms with Crippen molar-refractivity contribution in [2.75, 3.05) is 6.54 Å². The van der Waals surface area contributed by atoms with E-state index in [1.165, 1.54) is 12.8 Å². The molecule has 0 aromatic carbocycles. The minimum atomic E-state index is 0.816. The molecule has 1 saturated carbocycles. The van der Waals surface area contributed by atoms with Crippen molar-refractivity contribution in [2.24, 2.45) is 0 Å². The first kappa shape index (κ1) is 10.4. The van der Waals surface area contributed by atoms with Crippen molar-refractivity contribution in [3.8, 4) is 0 Å². The molecule has 0 aliphatic heterocycles. The van der Waals surface area contributed by atoms with Crippen LogP contribution in [0.4, 0.5) is 0 Å². The maximum atomic E-state index is 4.29. The number of hydrogen-bond acceptors (Lipinski definition) is 2. The molecule has 0 bridgehead atoms. The fourth-order valence-corrected chi connectivity index (χ4v) is 1.59. The Morgan fingerprint density at radius 3 is 3.20 bits per heavy atom. The average molecular weight is 205 g/mol. The summed E-state index contributed by atoms with van der Waals surface area (Å²) in [5.41, 5.74) is 0. The fraction of sp³-hybridized carbons (Fsp3) is 0.583. The van der Waals surface area contributed by atoms with Gasteiger partial charge in [-0.25, -0.2) is 4.98 Å². The summed E-state index contributed by atoms with van der Waals surface area (Å²) in [6.45, 7) is 4.21. The number of nitrogens with one attached hydrogen (secondary N) is 1. The lowest BCUT2D eigenvalue weighted by atomic mass is 10.3. The molecule has 2 rings (SSSR count). The molecular formula is C12H19N3. The van der Waals surface area contributed by atoms with Crippen LogP contribution in [0.15, 0.2) is 18.5 Å². The minimum absolute atomic E-state index is 0.816. The van der Waals surface area contributed by atoms with Gasteiger partial charge in [0.1, 0.15) is 5.82 Å². The van der Waals surface area contributed by atoms with Crippen LogP contribution in [0.3, 0.4) is 0 Å². The van der Waals surface area contributed by atoms with Crippen LogP contribution in [0, 0.1) is 0 Å². The van der Waals surface area contributed by atoms with Gasteiger partial charge < -0.3 is 9.88 Å². The minimum Gasteiger partial charge on any atom is -0.332 e. The van der Waals surface area contributed by atoms with E-state index in [-0.39, 0.29) is 0 Å². The van der Waals surface area contributed by atoms with E-state index in [4.69, 9.17) is 0 Å². The summed E-state index contributed by atoms with van der Waals surface area (Å²) in [4.78, 5) is 4.29. The molecule has 1 N–H and O–H groups in total. The summed E-state index contributed by atoms with van der Waals surface area (Å²) in [6, 6.07) is 0.816. The zero-order valence-electron chi connectivity index (χ0n) is 9.32. The van der Waals surface area contributed by atoms with Crippen LogP contribution in [-0.2, 0) is 6.54 Å². The lowest BCUT2D eigenvalue weighted by Crippen LogP contribution is -2.16. The van der Waals surface area contributed by atoms with Crippen LogP contribution >= 0.6 is 0 Å². The van der Waals surface area contributed by atoms with Crippen LogP contribution in [-0.4, -0.2) is 22.1 Å². The molecule has 82 valence electrons. The second kappa shape index (κ2) is 5.12. The molecule has 0 radical (unpaired) electrons. The molecule has 1 fully saturated rings. The second-order valence-corrected chi connectivity index (χ2v) is 3.99. The first-order valence-corrected chi connectivity index (χ1v) is 5.81. The number of hydrogen-bond donors (Lipinski definition) is 1. The van der Waals surface area contributed by atoms with E-state index < -0.39 is 0 Å². The summed E-state index contributed by atoms with van der Waals surface area (Å²) < 4.78 is 2.14. The van der Waals surface area contributed by atoms with Gasteiger partial charge in [0.25, 0.3) is 0 Å². The van der Waals surface area contributed by atoms with Gasteiger partial charge in [0.15, 0.2) is 0 Å². The summed E-state index contributed by atoms with van der Waals surface area (Å²) in [5, 5.41) is 3.49. The summed E-state index contributed by atoms with van der Waals surface area (Å²) in [7, 11) is 0. The first-order chi connectivity index (χ1) is 7.40. The first-order valence-electron chi connectivity index (χ1n) is 5.81. The predicted octanol–water partition coefficient (Wildman–Crippen LogP) is 2.06. The molecule has 15 heavy (non-hydrogen) atoms. The fourth-order valence-electron chi connectivity index (χ4n) is 1.59. The number of aromatic nitrogens is 2. The number of nitrogens with zero attached hydrogens (tertiary/aromatic N) is 2. The lowest BCUT2D eigenvalue weighted by molar-refractivity contribution is 0.690. The topological polar surface area (TPSA) is 29.9 Å². The van der Waals surface area contributed by atoms with Gasteiger partial charge in [-0.3, -0.25) is 0 Å². The van der Waals surface area contributed by atoms with Crippen molar-refractivity contribution in [3.05, 3.63) is 24.3 Å². The molecule has 1 heterocycles.